The molecular weight excluding hydrogens is 343 g/mol. The molecule has 1 aromatic rings. The Morgan fingerprint density at radius 2 is 1.81 bits per heavy atom. The highest BCUT2D eigenvalue weighted by Crippen LogP contribution is 2.28. The van der Waals surface area contributed by atoms with Gasteiger partial charge in [-0.25, -0.2) is 0 Å². The molecule has 1 unspecified atom stereocenters. The van der Waals surface area contributed by atoms with Gasteiger partial charge in [0.1, 0.15) is 0 Å². The highest BCUT2D eigenvalue weighted by Gasteiger charge is 2.32. The highest BCUT2D eigenvalue weighted by molar-refractivity contribution is 6.76. The van der Waals surface area contributed by atoms with Crippen LogP contribution in [0, 0.1) is 0 Å². The molecule has 0 aliphatic heterocycles. The van der Waals surface area contributed by atoms with Crippen LogP contribution in [0.5, 0.6) is 0 Å². The van der Waals surface area contributed by atoms with Gasteiger partial charge in [-0.2, -0.15) is 8.78 Å². The first-order valence-corrected chi connectivity index (χ1v) is 6.92. The lowest BCUT2D eigenvalue weighted by atomic mass is 10.1. The monoisotopic (exact) mass is 353 g/mol. The van der Waals surface area contributed by atoms with E-state index in [4.69, 9.17) is 34.8 Å². The molecule has 0 bridgehead atoms. The van der Waals surface area contributed by atoms with Crippen LogP contribution in [-0.4, -0.2) is 15.6 Å². The number of carbonyl (C=O) groups is 1. The fourth-order valence-corrected chi connectivity index (χ4v) is 1.58. The molecule has 0 aliphatic carbocycles. The molecule has 0 aliphatic rings. The summed E-state index contributed by atoms with van der Waals surface area (Å²) in [6.45, 7) is 3.03. The van der Waals surface area contributed by atoms with E-state index in [9.17, 15) is 13.6 Å². The van der Waals surface area contributed by atoms with E-state index in [1.54, 1.807) is 30.3 Å². The fraction of sp³-hybridized carbons (Fsp3) is 0.214. The van der Waals surface area contributed by atoms with E-state index in [1.165, 1.54) is 0 Å². The van der Waals surface area contributed by atoms with Crippen LogP contribution in [0.3, 0.4) is 0 Å². The molecule has 0 spiro atoms. The molecule has 0 heterocycles. The number of nitrogens with one attached hydrogen (secondary N) is 1. The predicted octanol–water partition coefficient (Wildman–Crippen LogP) is 4.59. The van der Waals surface area contributed by atoms with Crippen molar-refractivity contribution in [3.8, 4) is 0 Å². The predicted molar refractivity (Wildman–Crippen MR) is 81.9 cm³/mol. The summed E-state index contributed by atoms with van der Waals surface area (Å²) >= 11 is 16.4. The van der Waals surface area contributed by atoms with Crippen LogP contribution in [0.2, 0.25) is 0 Å². The van der Waals surface area contributed by atoms with Crippen molar-refractivity contribution in [1.82, 2.24) is 5.32 Å². The molecule has 7 heteroatoms. The maximum absolute atomic E-state index is 13.2. The summed E-state index contributed by atoms with van der Waals surface area (Å²) in [6, 6.07) is 7.59. The van der Waals surface area contributed by atoms with Gasteiger partial charge in [-0.05, 0) is 17.7 Å². The fourth-order valence-electron chi connectivity index (χ4n) is 1.42. The standard InChI is InChI=1S/C14H12Cl3F2NO/c1-2-13(18,19)9-8-11(10-6-4-3-5-7-10)20-12(21)14(15,16)17/h2-9,11H,1H2,(H,20,21)/b9-8+. The first-order chi connectivity index (χ1) is 9.65. The van der Waals surface area contributed by atoms with E-state index >= 15 is 0 Å². The molecule has 1 amide bonds. The third-order valence-corrected chi connectivity index (χ3v) is 3.00. The number of hydrogen-bond donors (Lipinski definition) is 1. The second-order valence-corrected chi connectivity index (χ2v) is 6.38. The third kappa shape index (κ3) is 6.04. The SMILES string of the molecule is C=CC(F)(F)/C=C/C(NC(=O)C(Cl)(Cl)Cl)c1ccccc1. The first-order valence-electron chi connectivity index (χ1n) is 5.79. The molecule has 0 radical (unpaired) electrons. The van der Waals surface area contributed by atoms with Gasteiger partial charge in [0.2, 0.25) is 0 Å². The van der Waals surface area contributed by atoms with E-state index in [1.807, 2.05) is 0 Å². The van der Waals surface area contributed by atoms with Gasteiger partial charge in [0.05, 0.1) is 6.04 Å². The average molecular weight is 355 g/mol. The number of halogens is 5. The van der Waals surface area contributed by atoms with Crippen molar-refractivity contribution in [2.24, 2.45) is 0 Å². The van der Waals surface area contributed by atoms with Crippen LogP contribution < -0.4 is 5.32 Å². The summed E-state index contributed by atoms with van der Waals surface area (Å²) in [5.74, 6) is -4.11. The Labute approximate surface area is 136 Å². The lowest BCUT2D eigenvalue weighted by Crippen LogP contribution is -2.36. The van der Waals surface area contributed by atoms with Gasteiger partial charge < -0.3 is 5.32 Å². The smallest absolute Gasteiger partial charge is 0.284 e. The third-order valence-electron chi connectivity index (χ3n) is 2.49. The Morgan fingerprint density at radius 3 is 2.29 bits per heavy atom. The normalized spacial score (nSPS) is 14.0. The topological polar surface area (TPSA) is 29.1 Å². The zero-order chi connectivity index (χ0) is 16.1. The van der Waals surface area contributed by atoms with Crippen LogP contribution >= 0.6 is 34.8 Å². The lowest BCUT2D eigenvalue weighted by Gasteiger charge is -2.19. The van der Waals surface area contributed by atoms with Gasteiger partial charge >= 0.3 is 0 Å². The van der Waals surface area contributed by atoms with Crippen molar-refractivity contribution in [2.45, 2.75) is 15.8 Å². The van der Waals surface area contributed by atoms with Crippen LogP contribution in [-0.2, 0) is 4.79 Å². The number of rotatable bonds is 5. The largest absolute Gasteiger partial charge is 0.342 e. The average Bonchev–Trinajstić information content (AvgIpc) is 2.43. The minimum Gasteiger partial charge on any atom is -0.342 e. The molecular formula is C14H12Cl3F2NO. The number of allylic oxidation sites excluding steroid dienone is 2. The second kappa shape index (κ2) is 7.25. The summed E-state index contributed by atoms with van der Waals surface area (Å²) in [6.07, 6.45) is 2.23. The summed E-state index contributed by atoms with van der Waals surface area (Å²) in [5.41, 5.74) is 0.566. The minimum absolute atomic E-state index is 0.488. The molecule has 2 nitrogen and oxygen atoms in total. The molecule has 1 aromatic carbocycles. The van der Waals surface area contributed by atoms with Crippen LogP contribution in [0.4, 0.5) is 8.78 Å². The van der Waals surface area contributed by atoms with E-state index in [0.29, 0.717) is 17.7 Å². The van der Waals surface area contributed by atoms with Crippen LogP contribution in [0.15, 0.2) is 55.1 Å². The molecule has 0 saturated carbocycles. The van der Waals surface area contributed by atoms with E-state index in [0.717, 1.165) is 6.08 Å². The van der Waals surface area contributed by atoms with E-state index < -0.39 is 21.7 Å². The van der Waals surface area contributed by atoms with Crippen molar-refractivity contribution in [3.63, 3.8) is 0 Å². The number of amides is 1. The molecule has 114 valence electrons. The first kappa shape index (κ1) is 18.0. The molecule has 1 rings (SSSR count). The Morgan fingerprint density at radius 1 is 1.24 bits per heavy atom. The van der Waals surface area contributed by atoms with Gasteiger partial charge in [0.25, 0.3) is 15.6 Å². The highest BCUT2D eigenvalue weighted by atomic mass is 35.6. The van der Waals surface area contributed by atoms with Crippen molar-refractivity contribution >= 4 is 40.7 Å². The van der Waals surface area contributed by atoms with E-state index in [-0.39, 0.29) is 0 Å². The minimum atomic E-state index is -3.20. The molecule has 0 aromatic heterocycles. The lowest BCUT2D eigenvalue weighted by molar-refractivity contribution is -0.120. The molecule has 0 saturated heterocycles. The molecule has 1 atom stereocenters. The number of carbonyl (C=O) groups excluding carboxylic acids is 1. The molecule has 21 heavy (non-hydrogen) atoms. The Kier molecular flexibility index (Phi) is 6.20. The summed E-state index contributed by atoms with van der Waals surface area (Å²) in [4.78, 5) is 11.7. The second-order valence-electron chi connectivity index (χ2n) is 4.10. The zero-order valence-electron chi connectivity index (χ0n) is 10.7. The number of benzene rings is 1. The van der Waals surface area contributed by atoms with Gasteiger partial charge in [0.15, 0.2) is 0 Å². The summed E-state index contributed by atoms with van der Waals surface area (Å²) < 4.78 is 24.2. The maximum atomic E-state index is 13.2. The Bertz CT molecular complexity index is 527. The van der Waals surface area contributed by atoms with Gasteiger partial charge in [-0.1, -0.05) is 77.8 Å². The Balaban J connectivity index is 3.02. The number of alkyl halides is 5. The Hall–Kier alpha value is -1.10. The molecule has 0 fully saturated rings. The quantitative estimate of drug-likeness (QED) is 0.608. The van der Waals surface area contributed by atoms with Gasteiger partial charge in [0, 0.05) is 0 Å². The molecule has 1 N–H and O–H groups in total. The maximum Gasteiger partial charge on any atom is 0.284 e. The number of hydrogen-bond acceptors (Lipinski definition) is 1. The van der Waals surface area contributed by atoms with Crippen LogP contribution in [0.1, 0.15) is 11.6 Å². The van der Waals surface area contributed by atoms with Crippen molar-refractivity contribution in [2.75, 3.05) is 0 Å². The van der Waals surface area contributed by atoms with Crippen molar-refractivity contribution in [1.29, 1.82) is 0 Å². The van der Waals surface area contributed by atoms with Crippen molar-refractivity contribution in [3.05, 3.63) is 60.7 Å². The van der Waals surface area contributed by atoms with Gasteiger partial charge in [-0.3, -0.25) is 4.79 Å². The van der Waals surface area contributed by atoms with E-state index in [2.05, 4.69) is 11.9 Å². The zero-order valence-corrected chi connectivity index (χ0v) is 13.0. The van der Waals surface area contributed by atoms with Gasteiger partial charge in [-0.15, -0.1) is 0 Å². The summed E-state index contributed by atoms with van der Waals surface area (Å²) in [5, 5.41) is 2.38. The van der Waals surface area contributed by atoms with Crippen molar-refractivity contribution < 1.29 is 13.6 Å². The summed E-state index contributed by atoms with van der Waals surface area (Å²) in [7, 11) is 0. The van der Waals surface area contributed by atoms with Crippen LogP contribution in [0.25, 0.3) is 0 Å².